The highest BCUT2D eigenvalue weighted by Crippen LogP contribution is 2.36. The van der Waals surface area contributed by atoms with Crippen LogP contribution in [0.3, 0.4) is 0 Å². The average Bonchev–Trinajstić information content (AvgIpc) is 2.99. The van der Waals surface area contributed by atoms with Gasteiger partial charge < -0.3 is 19.7 Å². The van der Waals surface area contributed by atoms with Gasteiger partial charge in [0, 0.05) is 31.5 Å². The minimum atomic E-state index is -0.628. The molecule has 0 saturated carbocycles. The first-order valence-corrected chi connectivity index (χ1v) is 11.1. The van der Waals surface area contributed by atoms with Gasteiger partial charge in [0.15, 0.2) is 0 Å². The Hall–Kier alpha value is -2.02. The molecular formula is C23H22Br2N2O2. The first-order valence-electron chi connectivity index (χ1n) is 9.54. The third kappa shape index (κ3) is 4.02. The summed E-state index contributed by atoms with van der Waals surface area (Å²) in [5, 5.41) is 16.5. The van der Waals surface area contributed by atoms with E-state index in [2.05, 4.69) is 66.0 Å². The van der Waals surface area contributed by atoms with Crippen molar-refractivity contribution in [3.63, 3.8) is 0 Å². The van der Waals surface area contributed by atoms with Crippen molar-refractivity contribution in [1.29, 1.82) is 0 Å². The van der Waals surface area contributed by atoms with Gasteiger partial charge in [-0.25, -0.2) is 0 Å². The second kappa shape index (κ2) is 8.38. The SMILES string of the molecule is CCOc1cccc(NC(C(C)O)n2c3ccc(Br)cc3c3cc(Br)ccc32)c1. The van der Waals surface area contributed by atoms with Gasteiger partial charge in [0.05, 0.1) is 23.7 Å². The fourth-order valence-electron chi connectivity index (χ4n) is 3.71. The lowest BCUT2D eigenvalue weighted by Crippen LogP contribution is -2.28. The van der Waals surface area contributed by atoms with E-state index in [4.69, 9.17) is 4.74 Å². The zero-order valence-electron chi connectivity index (χ0n) is 16.2. The quantitative estimate of drug-likeness (QED) is 0.299. The van der Waals surface area contributed by atoms with Crippen molar-refractivity contribution in [2.45, 2.75) is 26.1 Å². The minimum Gasteiger partial charge on any atom is -0.494 e. The zero-order valence-corrected chi connectivity index (χ0v) is 19.4. The van der Waals surface area contributed by atoms with Crippen LogP contribution in [0.4, 0.5) is 5.69 Å². The van der Waals surface area contributed by atoms with Crippen molar-refractivity contribution in [3.05, 3.63) is 69.6 Å². The van der Waals surface area contributed by atoms with E-state index >= 15 is 0 Å². The van der Waals surface area contributed by atoms with Gasteiger partial charge in [0.2, 0.25) is 0 Å². The molecule has 4 aromatic rings. The van der Waals surface area contributed by atoms with Crippen LogP contribution < -0.4 is 10.1 Å². The Labute approximate surface area is 186 Å². The molecule has 4 rings (SSSR count). The third-order valence-corrected chi connectivity index (χ3v) is 5.91. The number of aliphatic hydroxyl groups excluding tert-OH is 1. The Morgan fingerprint density at radius 3 is 2.14 bits per heavy atom. The number of nitrogens with zero attached hydrogens (tertiary/aromatic N) is 1. The summed E-state index contributed by atoms with van der Waals surface area (Å²) < 4.78 is 9.84. The van der Waals surface area contributed by atoms with Crippen molar-refractivity contribution in [1.82, 2.24) is 4.57 Å². The molecule has 3 aromatic carbocycles. The topological polar surface area (TPSA) is 46.4 Å². The van der Waals surface area contributed by atoms with E-state index in [1.807, 2.05) is 43.3 Å². The molecule has 2 N–H and O–H groups in total. The van der Waals surface area contributed by atoms with Gasteiger partial charge in [-0.05, 0) is 62.4 Å². The summed E-state index contributed by atoms with van der Waals surface area (Å²) in [6.07, 6.45) is -0.980. The largest absolute Gasteiger partial charge is 0.494 e. The van der Waals surface area contributed by atoms with Crippen LogP contribution in [-0.2, 0) is 0 Å². The fraction of sp³-hybridized carbons (Fsp3) is 0.217. The van der Waals surface area contributed by atoms with Crippen LogP contribution in [-0.4, -0.2) is 22.4 Å². The Balaban J connectivity index is 1.88. The molecule has 0 radical (unpaired) electrons. The maximum atomic E-state index is 10.7. The lowest BCUT2D eigenvalue weighted by molar-refractivity contribution is 0.147. The van der Waals surface area contributed by atoms with Gasteiger partial charge in [-0.1, -0.05) is 37.9 Å². The van der Waals surface area contributed by atoms with Crippen molar-refractivity contribution < 1.29 is 9.84 Å². The predicted octanol–water partition coefficient (Wildman–Crippen LogP) is 6.71. The maximum Gasteiger partial charge on any atom is 0.130 e. The first kappa shape index (κ1) is 20.3. The van der Waals surface area contributed by atoms with Gasteiger partial charge in [-0.3, -0.25) is 0 Å². The lowest BCUT2D eigenvalue weighted by Gasteiger charge is -2.26. The molecule has 150 valence electrons. The Kier molecular flexibility index (Phi) is 5.86. The second-order valence-corrected chi connectivity index (χ2v) is 8.81. The highest BCUT2D eigenvalue weighted by atomic mass is 79.9. The number of ether oxygens (including phenoxy) is 1. The highest BCUT2D eigenvalue weighted by Gasteiger charge is 2.23. The summed E-state index contributed by atoms with van der Waals surface area (Å²) in [4.78, 5) is 0. The van der Waals surface area contributed by atoms with Crippen molar-refractivity contribution in [2.75, 3.05) is 11.9 Å². The van der Waals surface area contributed by atoms with Gasteiger partial charge in [-0.15, -0.1) is 0 Å². The first-order chi connectivity index (χ1) is 14.0. The molecule has 0 aliphatic carbocycles. The highest BCUT2D eigenvalue weighted by molar-refractivity contribution is 9.10. The summed E-state index contributed by atoms with van der Waals surface area (Å²) in [5.41, 5.74) is 3.01. The second-order valence-electron chi connectivity index (χ2n) is 6.98. The Bertz CT molecular complexity index is 1110. The fourth-order valence-corrected chi connectivity index (χ4v) is 4.43. The van der Waals surface area contributed by atoms with Gasteiger partial charge in [0.25, 0.3) is 0 Å². The number of anilines is 1. The molecule has 4 nitrogen and oxygen atoms in total. The van der Waals surface area contributed by atoms with Crippen LogP contribution >= 0.6 is 31.9 Å². The number of halogens is 2. The average molecular weight is 518 g/mol. The molecule has 1 aromatic heterocycles. The van der Waals surface area contributed by atoms with E-state index in [-0.39, 0.29) is 6.17 Å². The number of hydrogen-bond donors (Lipinski definition) is 2. The molecule has 0 aliphatic rings. The summed E-state index contributed by atoms with van der Waals surface area (Å²) in [7, 11) is 0. The van der Waals surface area contributed by atoms with Crippen LogP contribution in [0.5, 0.6) is 5.75 Å². The van der Waals surface area contributed by atoms with E-state index in [0.717, 1.165) is 42.2 Å². The molecule has 0 aliphatic heterocycles. The molecule has 6 heteroatoms. The molecule has 0 fully saturated rings. The van der Waals surface area contributed by atoms with Crippen molar-refractivity contribution >= 4 is 59.4 Å². The van der Waals surface area contributed by atoms with E-state index in [1.165, 1.54) is 0 Å². The molecule has 0 spiro atoms. The molecule has 2 atom stereocenters. The summed E-state index contributed by atoms with van der Waals surface area (Å²) in [6, 6.07) is 20.3. The summed E-state index contributed by atoms with van der Waals surface area (Å²) in [5.74, 6) is 0.803. The van der Waals surface area contributed by atoms with Gasteiger partial charge in [0.1, 0.15) is 11.9 Å². The molecule has 1 heterocycles. The third-order valence-electron chi connectivity index (χ3n) is 4.92. The zero-order chi connectivity index (χ0) is 20.5. The Morgan fingerprint density at radius 2 is 1.59 bits per heavy atom. The smallest absolute Gasteiger partial charge is 0.130 e. The molecule has 0 saturated heterocycles. The minimum absolute atomic E-state index is 0.353. The molecule has 2 unspecified atom stereocenters. The van der Waals surface area contributed by atoms with E-state index in [9.17, 15) is 5.11 Å². The molecule has 0 bridgehead atoms. The lowest BCUT2D eigenvalue weighted by atomic mass is 10.2. The Morgan fingerprint density at radius 1 is 0.966 bits per heavy atom. The van der Waals surface area contributed by atoms with E-state index < -0.39 is 6.10 Å². The van der Waals surface area contributed by atoms with Crippen LogP contribution in [0.1, 0.15) is 20.0 Å². The van der Waals surface area contributed by atoms with E-state index in [0.29, 0.717) is 6.61 Å². The van der Waals surface area contributed by atoms with E-state index in [1.54, 1.807) is 6.92 Å². The number of rotatable bonds is 6. The number of aromatic nitrogens is 1. The van der Waals surface area contributed by atoms with Gasteiger partial charge in [-0.2, -0.15) is 0 Å². The molecular weight excluding hydrogens is 496 g/mol. The predicted molar refractivity (Wildman–Crippen MR) is 127 cm³/mol. The van der Waals surface area contributed by atoms with Crippen molar-refractivity contribution in [3.8, 4) is 5.75 Å². The van der Waals surface area contributed by atoms with Crippen LogP contribution in [0.25, 0.3) is 21.8 Å². The van der Waals surface area contributed by atoms with Crippen molar-refractivity contribution in [2.24, 2.45) is 0 Å². The summed E-state index contributed by atoms with van der Waals surface area (Å²) >= 11 is 7.18. The summed E-state index contributed by atoms with van der Waals surface area (Å²) in [6.45, 7) is 4.38. The number of aliphatic hydroxyl groups is 1. The number of benzene rings is 3. The number of fused-ring (bicyclic) bond motifs is 3. The van der Waals surface area contributed by atoms with Gasteiger partial charge >= 0.3 is 0 Å². The van der Waals surface area contributed by atoms with Crippen LogP contribution in [0.15, 0.2) is 69.6 Å². The number of nitrogens with one attached hydrogen (secondary N) is 1. The monoisotopic (exact) mass is 516 g/mol. The number of hydrogen-bond acceptors (Lipinski definition) is 3. The van der Waals surface area contributed by atoms with Crippen LogP contribution in [0.2, 0.25) is 0 Å². The molecule has 29 heavy (non-hydrogen) atoms. The van der Waals surface area contributed by atoms with Crippen LogP contribution in [0, 0.1) is 0 Å². The maximum absolute atomic E-state index is 10.7. The normalized spacial score (nSPS) is 13.6. The molecule has 0 amide bonds. The standard InChI is InChI=1S/C23H22Br2N2O2/c1-3-29-18-6-4-5-17(13-18)26-23(14(2)28)27-21-9-7-15(24)11-19(21)20-12-16(25)8-10-22(20)27/h4-14,23,26,28H,3H2,1-2H3.